The lowest BCUT2D eigenvalue weighted by Gasteiger charge is -2.15. The third-order valence-corrected chi connectivity index (χ3v) is 4.19. The van der Waals surface area contributed by atoms with Crippen LogP contribution in [0, 0.1) is 0 Å². The van der Waals surface area contributed by atoms with Crippen LogP contribution in [0.5, 0.6) is 0 Å². The molecule has 1 aromatic carbocycles. The number of amides is 1. The van der Waals surface area contributed by atoms with E-state index in [0.717, 1.165) is 15.2 Å². The zero-order valence-corrected chi connectivity index (χ0v) is 12.7. The smallest absolute Gasteiger partial charge is 0.303 e. The van der Waals surface area contributed by atoms with E-state index >= 15 is 0 Å². The van der Waals surface area contributed by atoms with Gasteiger partial charge in [-0.2, -0.15) is 0 Å². The third kappa shape index (κ3) is 4.53. The molecule has 1 amide bonds. The van der Waals surface area contributed by atoms with Crippen molar-refractivity contribution in [2.75, 3.05) is 7.05 Å². The van der Waals surface area contributed by atoms with Crippen molar-refractivity contribution in [3.05, 3.63) is 29.3 Å². The summed E-state index contributed by atoms with van der Waals surface area (Å²) in [5.41, 5.74) is 0.958. The van der Waals surface area contributed by atoms with E-state index in [0.29, 0.717) is 25.8 Å². The summed E-state index contributed by atoms with van der Waals surface area (Å²) in [7, 11) is 1.76. The SMILES string of the molecule is CN(Cc1nc2ccccc2s1)C(=O)CCCCC(=O)O. The van der Waals surface area contributed by atoms with Crippen molar-refractivity contribution in [1.29, 1.82) is 0 Å². The number of fused-ring (bicyclic) bond motifs is 1. The Morgan fingerprint density at radius 1 is 1.24 bits per heavy atom. The molecule has 112 valence electrons. The molecule has 0 aliphatic rings. The van der Waals surface area contributed by atoms with Crippen LogP contribution >= 0.6 is 11.3 Å². The number of aromatic nitrogens is 1. The molecule has 2 aromatic rings. The highest BCUT2D eigenvalue weighted by atomic mass is 32.1. The molecule has 0 saturated carbocycles. The van der Waals surface area contributed by atoms with E-state index in [1.807, 2.05) is 24.3 Å². The second-order valence-electron chi connectivity index (χ2n) is 4.93. The normalized spacial score (nSPS) is 10.7. The molecule has 0 spiro atoms. The van der Waals surface area contributed by atoms with Gasteiger partial charge in [0, 0.05) is 19.9 Å². The highest BCUT2D eigenvalue weighted by molar-refractivity contribution is 7.18. The van der Waals surface area contributed by atoms with E-state index in [9.17, 15) is 9.59 Å². The van der Waals surface area contributed by atoms with Gasteiger partial charge in [0.15, 0.2) is 0 Å². The summed E-state index contributed by atoms with van der Waals surface area (Å²) in [4.78, 5) is 28.5. The highest BCUT2D eigenvalue weighted by Gasteiger charge is 2.12. The Balaban J connectivity index is 1.84. The van der Waals surface area contributed by atoms with Gasteiger partial charge < -0.3 is 10.0 Å². The number of benzene rings is 1. The number of carbonyl (C=O) groups excluding carboxylic acids is 1. The van der Waals surface area contributed by atoms with E-state index in [4.69, 9.17) is 5.11 Å². The average molecular weight is 306 g/mol. The summed E-state index contributed by atoms with van der Waals surface area (Å²) in [5.74, 6) is -0.787. The molecule has 2 rings (SSSR count). The molecule has 0 aliphatic heterocycles. The molecular formula is C15H18N2O3S. The van der Waals surface area contributed by atoms with Crippen molar-refractivity contribution in [3.63, 3.8) is 0 Å². The van der Waals surface area contributed by atoms with Crippen molar-refractivity contribution in [1.82, 2.24) is 9.88 Å². The second-order valence-corrected chi connectivity index (χ2v) is 6.04. The monoisotopic (exact) mass is 306 g/mol. The van der Waals surface area contributed by atoms with E-state index < -0.39 is 5.97 Å². The van der Waals surface area contributed by atoms with Crippen LogP contribution in [-0.4, -0.2) is 33.9 Å². The summed E-state index contributed by atoms with van der Waals surface area (Å²) in [6.45, 7) is 0.497. The molecule has 0 saturated heterocycles. The largest absolute Gasteiger partial charge is 0.481 e. The summed E-state index contributed by atoms with van der Waals surface area (Å²) in [6, 6.07) is 7.90. The number of aliphatic carboxylic acids is 1. The molecule has 0 atom stereocenters. The molecule has 5 nitrogen and oxygen atoms in total. The molecular weight excluding hydrogens is 288 g/mol. The van der Waals surface area contributed by atoms with Gasteiger partial charge in [-0.25, -0.2) is 4.98 Å². The number of rotatable bonds is 7. The summed E-state index contributed by atoms with van der Waals surface area (Å²) >= 11 is 1.59. The van der Waals surface area contributed by atoms with Crippen molar-refractivity contribution in [2.24, 2.45) is 0 Å². The number of hydrogen-bond donors (Lipinski definition) is 1. The van der Waals surface area contributed by atoms with Gasteiger partial charge in [-0.3, -0.25) is 9.59 Å². The van der Waals surface area contributed by atoms with Crippen molar-refractivity contribution in [3.8, 4) is 0 Å². The number of thiazole rings is 1. The van der Waals surface area contributed by atoms with Gasteiger partial charge in [0.2, 0.25) is 5.91 Å². The fourth-order valence-corrected chi connectivity index (χ4v) is 3.04. The van der Waals surface area contributed by atoms with E-state index in [2.05, 4.69) is 4.98 Å². The van der Waals surface area contributed by atoms with Gasteiger partial charge in [-0.1, -0.05) is 12.1 Å². The zero-order valence-electron chi connectivity index (χ0n) is 11.9. The molecule has 1 aromatic heterocycles. The van der Waals surface area contributed by atoms with E-state index in [1.54, 1.807) is 23.3 Å². The van der Waals surface area contributed by atoms with Gasteiger partial charge in [0.1, 0.15) is 5.01 Å². The van der Waals surface area contributed by atoms with Crippen molar-refractivity contribution < 1.29 is 14.7 Å². The van der Waals surface area contributed by atoms with Crippen LogP contribution in [0.25, 0.3) is 10.2 Å². The maximum Gasteiger partial charge on any atom is 0.303 e. The fourth-order valence-electron chi connectivity index (χ4n) is 2.02. The van der Waals surface area contributed by atoms with Gasteiger partial charge in [-0.05, 0) is 25.0 Å². The van der Waals surface area contributed by atoms with Crippen LogP contribution in [-0.2, 0) is 16.1 Å². The molecule has 1 heterocycles. The van der Waals surface area contributed by atoms with Crippen LogP contribution in [0.1, 0.15) is 30.7 Å². The van der Waals surface area contributed by atoms with E-state index in [-0.39, 0.29) is 12.3 Å². The molecule has 0 bridgehead atoms. The Labute approximate surface area is 127 Å². The van der Waals surface area contributed by atoms with E-state index in [1.165, 1.54) is 0 Å². The van der Waals surface area contributed by atoms with Gasteiger partial charge >= 0.3 is 5.97 Å². The highest BCUT2D eigenvalue weighted by Crippen LogP contribution is 2.22. The number of carboxylic acids is 1. The van der Waals surface area contributed by atoms with Crippen molar-refractivity contribution >= 4 is 33.4 Å². The Kier molecular flexibility index (Phi) is 5.27. The summed E-state index contributed by atoms with van der Waals surface area (Å²) < 4.78 is 1.12. The molecule has 0 unspecified atom stereocenters. The quantitative estimate of drug-likeness (QED) is 0.798. The first-order valence-corrected chi connectivity index (χ1v) is 7.68. The first-order valence-electron chi connectivity index (χ1n) is 6.86. The predicted octanol–water partition coefficient (Wildman–Crippen LogP) is 2.90. The van der Waals surface area contributed by atoms with Crippen LogP contribution in [0.2, 0.25) is 0 Å². The zero-order chi connectivity index (χ0) is 15.2. The lowest BCUT2D eigenvalue weighted by atomic mass is 10.2. The third-order valence-electron chi connectivity index (χ3n) is 3.17. The molecule has 0 fully saturated rings. The molecule has 21 heavy (non-hydrogen) atoms. The molecule has 1 N–H and O–H groups in total. The van der Waals surface area contributed by atoms with Crippen LogP contribution < -0.4 is 0 Å². The van der Waals surface area contributed by atoms with Crippen LogP contribution in [0.3, 0.4) is 0 Å². The molecule has 0 aliphatic carbocycles. The summed E-state index contributed by atoms with van der Waals surface area (Å²) in [5, 5.41) is 9.46. The second kappa shape index (κ2) is 7.17. The summed E-state index contributed by atoms with van der Waals surface area (Å²) in [6.07, 6.45) is 1.65. The number of nitrogens with zero attached hydrogens (tertiary/aromatic N) is 2. The topological polar surface area (TPSA) is 70.5 Å². The maximum absolute atomic E-state index is 12.0. The fraction of sp³-hybridized carbons (Fsp3) is 0.400. The lowest BCUT2D eigenvalue weighted by molar-refractivity contribution is -0.137. The Bertz CT molecular complexity index is 606. The first kappa shape index (κ1) is 15.4. The first-order chi connectivity index (χ1) is 10.1. The number of hydrogen-bond acceptors (Lipinski definition) is 4. The molecule has 0 radical (unpaired) electrons. The number of carbonyl (C=O) groups is 2. The number of unbranched alkanes of at least 4 members (excludes halogenated alkanes) is 1. The van der Waals surface area contributed by atoms with Crippen LogP contribution in [0.15, 0.2) is 24.3 Å². The number of para-hydroxylation sites is 1. The Hall–Kier alpha value is -1.95. The minimum absolute atomic E-state index is 0.0274. The van der Waals surface area contributed by atoms with Crippen LogP contribution in [0.4, 0.5) is 0 Å². The average Bonchev–Trinajstić information content (AvgIpc) is 2.85. The van der Waals surface area contributed by atoms with Gasteiger partial charge in [-0.15, -0.1) is 11.3 Å². The standard InChI is InChI=1S/C15H18N2O3S/c1-17(14(18)8-4-5-9-15(19)20)10-13-16-11-6-2-3-7-12(11)21-13/h2-3,6-7H,4-5,8-10H2,1H3,(H,19,20). The van der Waals surface area contributed by atoms with Gasteiger partial charge in [0.05, 0.1) is 16.8 Å². The Morgan fingerprint density at radius 3 is 2.67 bits per heavy atom. The van der Waals surface area contributed by atoms with Gasteiger partial charge in [0.25, 0.3) is 0 Å². The maximum atomic E-state index is 12.0. The molecule has 6 heteroatoms. The minimum atomic E-state index is -0.815. The number of carboxylic acid groups (broad SMARTS) is 1. The lowest BCUT2D eigenvalue weighted by Crippen LogP contribution is -2.25. The van der Waals surface area contributed by atoms with Crippen molar-refractivity contribution in [2.45, 2.75) is 32.2 Å². The predicted molar refractivity (Wildman–Crippen MR) is 82.2 cm³/mol. The Morgan fingerprint density at radius 2 is 1.95 bits per heavy atom. The minimum Gasteiger partial charge on any atom is -0.481 e.